The molecule has 20 heavy (non-hydrogen) atoms. The van der Waals surface area contributed by atoms with E-state index in [0.717, 1.165) is 28.6 Å². The Morgan fingerprint density at radius 3 is 2.60 bits per heavy atom. The maximum Gasteiger partial charge on any atom is 0.265 e. The second-order valence-electron chi connectivity index (χ2n) is 4.73. The van der Waals surface area contributed by atoms with Gasteiger partial charge in [-0.15, -0.1) is 5.10 Å². The van der Waals surface area contributed by atoms with Crippen LogP contribution >= 0.6 is 0 Å². The molecule has 0 aliphatic carbocycles. The maximum atomic E-state index is 11.6. The monoisotopic (exact) mass is 291 g/mol. The minimum atomic E-state index is -3.44. The third kappa shape index (κ3) is 1.97. The summed E-state index contributed by atoms with van der Waals surface area (Å²) in [6.07, 6.45) is 6.18. The Hall–Kier alpha value is -2.22. The molecule has 3 aromatic heterocycles. The molecule has 3 rings (SSSR count). The first-order valence-electron chi connectivity index (χ1n) is 5.91. The zero-order valence-electron chi connectivity index (χ0n) is 11.3. The molecule has 0 bridgehead atoms. The summed E-state index contributed by atoms with van der Waals surface area (Å²) in [5.74, 6) is 0. The highest BCUT2D eigenvalue weighted by molar-refractivity contribution is 7.90. The van der Waals surface area contributed by atoms with E-state index in [1.807, 2.05) is 26.2 Å². The summed E-state index contributed by atoms with van der Waals surface area (Å²) >= 11 is 0. The van der Waals surface area contributed by atoms with E-state index in [1.165, 1.54) is 6.20 Å². The van der Waals surface area contributed by atoms with Crippen LogP contribution in [-0.2, 0) is 16.9 Å². The zero-order valence-corrected chi connectivity index (χ0v) is 12.1. The smallest absolute Gasteiger partial charge is 0.265 e. The van der Waals surface area contributed by atoms with Crippen molar-refractivity contribution in [2.24, 2.45) is 7.05 Å². The Balaban J connectivity index is 2.33. The molecule has 0 atom stereocenters. The van der Waals surface area contributed by atoms with Gasteiger partial charge in [0.1, 0.15) is 0 Å². The first-order valence-corrected chi connectivity index (χ1v) is 7.80. The van der Waals surface area contributed by atoms with Crippen LogP contribution in [0.25, 0.3) is 16.8 Å². The Labute approximate surface area is 115 Å². The van der Waals surface area contributed by atoms with Crippen LogP contribution in [0, 0.1) is 6.92 Å². The first kappa shape index (κ1) is 12.8. The van der Waals surface area contributed by atoms with E-state index >= 15 is 0 Å². The fraction of sp³-hybridized carbons (Fsp3) is 0.250. The lowest BCUT2D eigenvalue weighted by Gasteiger charge is -2.01. The summed E-state index contributed by atoms with van der Waals surface area (Å²) in [7, 11) is -1.62. The second kappa shape index (κ2) is 4.14. The maximum absolute atomic E-state index is 11.6. The van der Waals surface area contributed by atoms with Gasteiger partial charge in [0, 0.05) is 25.1 Å². The van der Waals surface area contributed by atoms with Crippen molar-refractivity contribution in [3.8, 4) is 11.3 Å². The number of hydrogen-bond donors (Lipinski definition) is 0. The summed E-state index contributed by atoms with van der Waals surface area (Å²) in [5.41, 5.74) is 3.41. The lowest BCUT2D eigenvalue weighted by molar-refractivity contribution is 0.587. The van der Waals surface area contributed by atoms with Gasteiger partial charge in [0.15, 0.2) is 0 Å². The molecule has 8 heteroatoms. The van der Waals surface area contributed by atoms with Crippen LogP contribution in [0.1, 0.15) is 5.56 Å². The van der Waals surface area contributed by atoms with Crippen molar-refractivity contribution >= 4 is 15.4 Å². The average Bonchev–Trinajstić information content (AvgIpc) is 2.93. The highest BCUT2D eigenvalue weighted by Crippen LogP contribution is 2.24. The number of rotatable bonds is 2. The van der Waals surface area contributed by atoms with E-state index in [9.17, 15) is 8.42 Å². The largest absolute Gasteiger partial charge is 0.275 e. The lowest BCUT2D eigenvalue weighted by Crippen LogP contribution is -2.08. The van der Waals surface area contributed by atoms with E-state index in [0.29, 0.717) is 0 Å². The SMILES string of the molecule is Cc1cc(-c2cnn(C)c2)n2nc(S(C)(=O)=O)ncc12. The summed E-state index contributed by atoms with van der Waals surface area (Å²) in [4.78, 5) is 3.91. The molecule has 0 aromatic carbocycles. The number of fused-ring (bicyclic) bond motifs is 1. The Morgan fingerprint density at radius 1 is 1.25 bits per heavy atom. The second-order valence-corrected chi connectivity index (χ2v) is 6.63. The van der Waals surface area contributed by atoms with Crippen LogP contribution in [0.15, 0.2) is 29.8 Å². The van der Waals surface area contributed by atoms with Crippen LogP contribution in [0.5, 0.6) is 0 Å². The summed E-state index contributed by atoms with van der Waals surface area (Å²) < 4.78 is 26.4. The number of aryl methyl sites for hydroxylation is 2. The van der Waals surface area contributed by atoms with E-state index < -0.39 is 9.84 Å². The van der Waals surface area contributed by atoms with Gasteiger partial charge in [0.05, 0.1) is 23.6 Å². The predicted octanol–water partition coefficient (Wildman–Crippen LogP) is 0.842. The van der Waals surface area contributed by atoms with Crippen molar-refractivity contribution in [3.63, 3.8) is 0 Å². The molecule has 3 heterocycles. The summed E-state index contributed by atoms with van der Waals surface area (Å²) in [6, 6.07) is 1.94. The van der Waals surface area contributed by atoms with Crippen LogP contribution in [-0.4, -0.2) is 39.1 Å². The third-order valence-electron chi connectivity index (χ3n) is 3.03. The standard InChI is InChI=1S/C12H13N5O2S/c1-8-4-10(9-5-14-16(2)7-9)17-11(8)6-13-12(15-17)20(3,18)19/h4-7H,1-3H3. The molecule has 7 nitrogen and oxygen atoms in total. The quantitative estimate of drug-likeness (QED) is 0.699. The normalized spacial score (nSPS) is 12.2. The van der Waals surface area contributed by atoms with Crippen LogP contribution in [0.3, 0.4) is 0 Å². The van der Waals surface area contributed by atoms with Crippen molar-refractivity contribution in [1.29, 1.82) is 0 Å². The molecule has 0 aliphatic rings. The third-order valence-corrected chi connectivity index (χ3v) is 3.88. The van der Waals surface area contributed by atoms with Gasteiger partial charge >= 0.3 is 0 Å². The van der Waals surface area contributed by atoms with E-state index in [4.69, 9.17) is 0 Å². The van der Waals surface area contributed by atoms with Gasteiger partial charge in [0.25, 0.3) is 5.16 Å². The summed E-state index contributed by atoms with van der Waals surface area (Å²) in [6.45, 7) is 1.93. The van der Waals surface area contributed by atoms with Gasteiger partial charge in [-0.2, -0.15) is 5.10 Å². The Bertz CT molecular complexity index is 907. The number of aromatic nitrogens is 5. The highest BCUT2D eigenvalue weighted by atomic mass is 32.2. The average molecular weight is 291 g/mol. The molecule has 0 aliphatic heterocycles. The molecule has 0 fully saturated rings. The Morgan fingerprint density at radius 2 is 2.00 bits per heavy atom. The molecule has 0 saturated carbocycles. The van der Waals surface area contributed by atoms with Gasteiger partial charge in [-0.3, -0.25) is 4.68 Å². The van der Waals surface area contributed by atoms with Crippen LogP contribution in [0.2, 0.25) is 0 Å². The highest BCUT2D eigenvalue weighted by Gasteiger charge is 2.16. The van der Waals surface area contributed by atoms with Crippen molar-refractivity contribution in [2.45, 2.75) is 12.1 Å². The minimum absolute atomic E-state index is 0.189. The van der Waals surface area contributed by atoms with Gasteiger partial charge < -0.3 is 0 Å². The zero-order chi connectivity index (χ0) is 14.5. The van der Waals surface area contributed by atoms with Crippen molar-refractivity contribution in [2.75, 3.05) is 6.26 Å². The topological polar surface area (TPSA) is 82.2 Å². The number of hydrogen-bond acceptors (Lipinski definition) is 5. The van der Waals surface area contributed by atoms with Gasteiger partial charge in [-0.05, 0) is 18.6 Å². The molecule has 0 unspecified atom stereocenters. The Kier molecular flexibility index (Phi) is 2.65. The molecule has 0 N–H and O–H groups in total. The molecular formula is C12H13N5O2S. The molecular weight excluding hydrogens is 278 g/mol. The van der Waals surface area contributed by atoms with Gasteiger partial charge in [-0.1, -0.05) is 0 Å². The molecule has 104 valence electrons. The van der Waals surface area contributed by atoms with Gasteiger partial charge in [-0.25, -0.2) is 17.9 Å². The lowest BCUT2D eigenvalue weighted by atomic mass is 10.2. The molecule has 0 radical (unpaired) electrons. The van der Waals surface area contributed by atoms with Crippen LogP contribution in [0.4, 0.5) is 0 Å². The van der Waals surface area contributed by atoms with Crippen LogP contribution < -0.4 is 0 Å². The molecule has 0 saturated heterocycles. The predicted molar refractivity (Wildman–Crippen MR) is 73.0 cm³/mol. The van der Waals surface area contributed by atoms with E-state index in [2.05, 4.69) is 15.2 Å². The van der Waals surface area contributed by atoms with E-state index in [-0.39, 0.29) is 5.16 Å². The van der Waals surface area contributed by atoms with Crippen molar-refractivity contribution in [3.05, 3.63) is 30.2 Å². The molecule has 0 spiro atoms. The molecule has 0 amide bonds. The first-order chi connectivity index (χ1) is 9.36. The minimum Gasteiger partial charge on any atom is -0.275 e. The van der Waals surface area contributed by atoms with Crippen molar-refractivity contribution in [1.82, 2.24) is 24.4 Å². The fourth-order valence-corrected chi connectivity index (χ4v) is 2.53. The number of nitrogens with zero attached hydrogens (tertiary/aromatic N) is 5. The number of sulfone groups is 1. The van der Waals surface area contributed by atoms with E-state index in [1.54, 1.807) is 15.4 Å². The van der Waals surface area contributed by atoms with Crippen molar-refractivity contribution < 1.29 is 8.42 Å². The fourth-order valence-electron chi connectivity index (χ4n) is 2.06. The summed E-state index contributed by atoms with van der Waals surface area (Å²) in [5, 5.41) is 8.07. The molecule has 3 aromatic rings. The van der Waals surface area contributed by atoms with Gasteiger partial charge in [0.2, 0.25) is 9.84 Å².